The highest BCUT2D eigenvalue weighted by Gasteiger charge is 2.38. The van der Waals surface area contributed by atoms with E-state index in [0.29, 0.717) is 16.6 Å². The Labute approximate surface area is 126 Å². The van der Waals surface area contributed by atoms with Gasteiger partial charge in [0.2, 0.25) is 0 Å². The second kappa shape index (κ2) is 6.17. The van der Waals surface area contributed by atoms with Crippen LogP contribution in [0.5, 0.6) is 0 Å². The lowest BCUT2D eigenvalue weighted by Crippen LogP contribution is -2.34. The van der Waals surface area contributed by atoms with Crippen LogP contribution in [-0.4, -0.2) is 20.0 Å². The molecular weight excluding hydrogens is 268 g/mol. The van der Waals surface area contributed by atoms with E-state index in [9.17, 15) is 5.26 Å². The molecule has 5 heteroatoms. The lowest BCUT2D eigenvalue weighted by Gasteiger charge is -2.40. The molecule has 1 aromatic rings. The predicted molar refractivity (Wildman–Crippen MR) is 81.2 cm³/mol. The Balaban J connectivity index is 2.11. The van der Waals surface area contributed by atoms with Gasteiger partial charge in [-0.2, -0.15) is 10.4 Å². The number of hydrogen-bond acceptors (Lipinski definition) is 4. The van der Waals surface area contributed by atoms with Gasteiger partial charge in [0.05, 0.1) is 12.0 Å². The van der Waals surface area contributed by atoms with Gasteiger partial charge in [-0.05, 0) is 30.6 Å². The highest BCUT2D eigenvalue weighted by Crippen LogP contribution is 2.46. The van der Waals surface area contributed by atoms with Crippen LogP contribution in [0.15, 0.2) is 11.5 Å². The zero-order chi connectivity index (χ0) is 14.8. The highest BCUT2D eigenvalue weighted by atomic mass is 32.2. The second-order valence-electron chi connectivity index (χ2n) is 6.41. The number of aryl methyl sites for hydroxylation is 1. The van der Waals surface area contributed by atoms with Crippen molar-refractivity contribution in [3.63, 3.8) is 0 Å². The summed E-state index contributed by atoms with van der Waals surface area (Å²) in [7, 11) is 1.91. The van der Waals surface area contributed by atoms with Crippen molar-refractivity contribution in [2.45, 2.75) is 56.9 Å². The van der Waals surface area contributed by atoms with E-state index in [-0.39, 0.29) is 5.92 Å². The maximum Gasteiger partial charge on any atom is 0.186 e. The predicted octanol–water partition coefficient (Wildman–Crippen LogP) is 3.65. The van der Waals surface area contributed by atoms with E-state index in [0.717, 1.165) is 18.0 Å². The molecule has 4 nitrogen and oxygen atoms in total. The van der Waals surface area contributed by atoms with Gasteiger partial charge in [0, 0.05) is 12.3 Å². The summed E-state index contributed by atoms with van der Waals surface area (Å²) < 4.78 is 1.80. The van der Waals surface area contributed by atoms with Gasteiger partial charge >= 0.3 is 0 Å². The summed E-state index contributed by atoms with van der Waals surface area (Å²) >= 11 is 1.73. The molecule has 20 heavy (non-hydrogen) atoms. The quantitative estimate of drug-likeness (QED) is 0.850. The molecule has 0 aliphatic heterocycles. The molecule has 0 bridgehead atoms. The number of aromatic nitrogens is 3. The molecule has 0 amide bonds. The molecule has 3 unspecified atom stereocenters. The molecule has 2 rings (SSSR count). The fourth-order valence-corrected chi connectivity index (χ4v) is 4.20. The molecule has 1 aliphatic rings. The Morgan fingerprint density at radius 1 is 1.50 bits per heavy atom. The smallest absolute Gasteiger partial charge is 0.186 e. The third kappa shape index (κ3) is 3.17. The lowest BCUT2D eigenvalue weighted by molar-refractivity contribution is 0.144. The molecule has 0 aromatic carbocycles. The second-order valence-corrected chi connectivity index (χ2v) is 7.62. The van der Waals surface area contributed by atoms with E-state index in [2.05, 4.69) is 36.9 Å². The first-order chi connectivity index (χ1) is 9.47. The van der Waals surface area contributed by atoms with Crippen LogP contribution in [0, 0.1) is 28.6 Å². The van der Waals surface area contributed by atoms with Crippen molar-refractivity contribution in [3.05, 3.63) is 6.33 Å². The number of nitrogens with zero attached hydrogens (tertiary/aromatic N) is 4. The Kier molecular flexibility index (Phi) is 4.74. The van der Waals surface area contributed by atoms with Crippen LogP contribution in [0.3, 0.4) is 0 Å². The third-order valence-corrected chi connectivity index (χ3v) is 6.30. The van der Waals surface area contributed by atoms with Crippen molar-refractivity contribution in [3.8, 4) is 6.07 Å². The Hall–Kier alpha value is -1.02. The molecule has 0 saturated heterocycles. The first-order valence-electron chi connectivity index (χ1n) is 7.38. The van der Waals surface area contributed by atoms with Gasteiger partial charge in [-0.3, -0.25) is 0 Å². The lowest BCUT2D eigenvalue weighted by atomic mass is 9.67. The van der Waals surface area contributed by atoms with Crippen molar-refractivity contribution in [1.29, 1.82) is 5.26 Å². The maximum atomic E-state index is 9.40. The van der Waals surface area contributed by atoms with E-state index < -0.39 is 0 Å². The summed E-state index contributed by atoms with van der Waals surface area (Å²) in [4.78, 5) is 4.29. The molecule has 1 fully saturated rings. The van der Waals surface area contributed by atoms with E-state index in [1.165, 1.54) is 12.8 Å². The normalized spacial score (nSPS) is 27.2. The average molecular weight is 292 g/mol. The monoisotopic (exact) mass is 292 g/mol. The third-order valence-electron chi connectivity index (χ3n) is 4.90. The summed E-state index contributed by atoms with van der Waals surface area (Å²) in [5.74, 6) is 0.837. The van der Waals surface area contributed by atoms with E-state index in [1.807, 2.05) is 7.05 Å². The molecule has 0 spiro atoms. The summed E-state index contributed by atoms with van der Waals surface area (Å²) in [6.45, 7) is 6.98. The van der Waals surface area contributed by atoms with Crippen LogP contribution in [0.4, 0.5) is 0 Å². The van der Waals surface area contributed by atoms with Gasteiger partial charge in [-0.25, -0.2) is 9.67 Å². The zero-order valence-corrected chi connectivity index (χ0v) is 13.7. The number of rotatable bonds is 4. The summed E-state index contributed by atoms with van der Waals surface area (Å²) in [6, 6.07) is 2.50. The van der Waals surface area contributed by atoms with Crippen molar-refractivity contribution < 1.29 is 0 Å². The van der Waals surface area contributed by atoms with Crippen LogP contribution < -0.4 is 0 Å². The van der Waals surface area contributed by atoms with Gasteiger partial charge < -0.3 is 0 Å². The number of thioether (sulfide) groups is 1. The van der Waals surface area contributed by atoms with Crippen LogP contribution in [-0.2, 0) is 7.05 Å². The standard InChI is InChI=1S/C15H24N4S/c1-5-15(2,3)12-7-6-11(9-16)13(8-12)20-14-17-10-18-19(14)4/h10-13H,5-8H2,1-4H3. The van der Waals surface area contributed by atoms with Crippen molar-refractivity contribution in [1.82, 2.24) is 14.8 Å². The van der Waals surface area contributed by atoms with Crippen molar-refractivity contribution in [2.75, 3.05) is 0 Å². The van der Waals surface area contributed by atoms with E-state index in [4.69, 9.17) is 0 Å². The summed E-state index contributed by atoms with van der Waals surface area (Å²) in [5.41, 5.74) is 0.360. The van der Waals surface area contributed by atoms with Crippen LogP contribution in [0.25, 0.3) is 0 Å². The van der Waals surface area contributed by atoms with Crippen LogP contribution in [0.2, 0.25) is 0 Å². The average Bonchev–Trinajstić information content (AvgIpc) is 2.84. The molecule has 3 atom stereocenters. The van der Waals surface area contributed by atoms with Crippen LogP contribution in [0.1, 0.15) is 46.5 Å². The van der Waals surface area contributed by atoms with Crippen molar-refractivity contribution >= 4 is 11.8 Å². The van der Waals surface area contributed by atoms with Crippen molar-refractivity contribution in [2.24, 2.45) is 24.3 Å². The summed E-state index contributed by atoms with van der Waals surface area (Å²) in [5, 5.41) is 14.8. The topological polar surface area (TPSA) is 54.5 Å². The minimum atomic E-state index is 0.139. The largest absolute Gasteiger partial charge is 0.244 e. The highest BCUT2D eigenvalue weighted by molar-refractivity contribution is 7.99. The van der Waals surface area contributed by atoms with Gasteiger partial charge in [-0.1, -0.05) is 39.0 Å². The molecule has 1 aliphatic carbocycles. The molecule has 0 radical (unpaired) electrons. The minimum absolute atomic E-state index is 0.139. The van der Waals surface area contributed by atoms with Gasteiger partial charge in [0.1, 0.15) is 6.33 Å². The summed E-state index contributed by atoms with van der Waals surface area (Å²) in [6.07, 6.45) is 6.07. The Morgan fingerprint density at radius 3 is 2.80 bits per heavy atom. The molecule has 110 valence electrons. The molecule has 0 N–H and O–H groups in total. The van der Waals surface area contributed by atoms with Gasteiger partial charge in [0.25, 0.3) is 0 Å². The Bertz CT molecular complexity index is 488. The maximum absolute atomic E-state index is 9.40. The fraction of sp³-hybridized carbons (Fsp3) is 0.800. The number of nitriles is 1. The zero-order valence-electron chi connectivity index (χ0n) is 12.8. The van der Waals surface area contributed by atoms with Crippen LogP contribution >= 0.6 is 11.8 Å². The first-order valence-corrected chi connectivity index (χ1v) is 8.26. The molecular formula is C15H24N4S. The minimum Gasteiger partial charge on any atom is -0.244 e. The van der Waals surface area contributed by atoms with E-state index >= 15 is 0 Å². The SMILES string of the molecule is CCC(C)(C)C1CCC(C#N)C(Sc2ncnn2C)C1. The molecule has 1 aromatic heterocycles. The van der Waals surface area contributed by atoms with Gasteiger partial charge in [0.15, 0.2) is 5.16 Å². The van der Waals surface area contributed by atoms with Gasteiger partial charge in [-0.15, -0.1) is 0 Å². The molecule has 1 saturated carbocycles. The van der Waals surface area contributed by atoms with E-state index in [1.54, 1.807) is 22.8 Å². The number of hydrogen-bond donors (Lipinski definition) is 0. The Morgan fingerprint density at radius 2 is 2.25 bits per heavy atom. The fourth-order valence-electron chi connectivity index (χ4n) is 2.93. The first kappa shape index (κ1) is 15.4. The molecule has 1 heterocycles.